The van der Waals surface area contributed by atoms with Gasteiger partial charge in [-0.05, 0) is 39.2 Å². The van der Waals surface area contributed by atoms with Crippen molar-refractivity contribution in [3.63, 3.8) is 0 Å². The van der Waals surface area contributed by atoms with E-state index in [0.29, 0.717) is 18.6 Å². The average Bonchev–Trinajstić information content (AvgIpc) is 2.36. The van der Waals surface area contributed by atoms with Gasteiger partial charge >= 0.3 is 0 Å². The van der Waals surface area contributed by atoms with E-state index in [0.717, 1.165) is 12.5 Å². The highest BCUT2D eigenvalue weighted by atomic mass is 16.5. The van der Waals surface area contributed by atoms with E-state index in [-0.39, 0.29) is 6.04 Å². The van der Waals surface area contributed by atoms with Gasteiger partial charge in [0.05, 0.1) is 13.2 Å². The van der Waals surface area contributed by atoms with Gasteiger partial charge in [0.2, 0.25) is 0 Å². The number of ether oxygens (including phenoxy) is 1. The van der Waals surface area contributed by atoms with E-state index in [9.17, 15) is 0 Å². The van der Waals surface area contributed by atoms with Crippen molar-refractivity contribution in [2.45, 2.75) is 45.7 Å². The highest BCUT2D eigenvalue weighted by Crippen LogP contribution is 2.17. The highest BCUT2D eigenvalue weighted by molar-refractivity contribution is 5.78. The van der Waals surface area contributed by atoms with Crippen LogP contribution in [0.4, 0.5) is 0 Å². The zero-order valence-electron chi connectivity index (χ0n) is 12.9. The molecule has 1 heterocycles. The Bertz CT molecular complexity index is 283. The number of piperidine rings is 1. The normalized spacial score (nSPS) is 25.1. The molecule has 3 N–H and O–H groups in total. The first-order chi connectivity index (χ1) is 9.02. The van der Waals surface area contributed by atoms with E-state index in [1.807, 2.05) is 6.92 Å². The van der Waals surface area contributed by atoms with Crippen LogP contribution in [0, 0.1) is 5.92 Å². The number of hydrogen-bond donors (Lipinski definition) is 2. The molecule has 0 aromatic rings. The van der Waals surface area contributed by atoms with E-state index in [2.05, 4.69) is 29.1 Å². The largest absolute Gasteiger partial charge is 0.383 e. The quantitative estimate of drug-likeness (QED) is 0.559. The summed E-state index contributed by atoms with van der Waals surface area (Å²) in [6, 6.07) is 0.653. The fourth-order valence-corrected chi connectivity index (χ4v) is 2.56. The monoisotopic (exact) mass is 270 g/mol. The third kappa shape index (κ3) is 6.25. The van der Waals surface area contributed by atoms with Gasteiger partial charge in [0, 0.05) is 25.7 Å². The minimum absolute atomic E-state index is 0.194. The van der Waals surface area contributed by atoms with Gasteiger partial charge in [0.15, 0.2) is 5.96 Å². The van der Waals surface area contributed by atoms with Crippen molar-refractivity contribution in [1.29, 1.82) is 0 Å². The lowest BCUT2D eigenvalue weighted by molar-refractivity contribution is 0.142. The number of likely N-dealkylation sites (tertiary alicyclic amines) is 1. The maximum atomic E-state index is 5.87. The molecule has 0 aromatic carbocycles. The SMILES string of the molecule is COCC(C)NC(N)=NCC(C)N1CCCC(C)C1. The summed E-state index contributed by atoms with van der Waals surface area (Å²) >= 11 is 0. The van der Waals surface area contributed by atoms with Crippen molar-refractivity contribution >= 4 is 5.96 Å². The van der Waals surface area contributed by atoms with Crippen LogP contribution < -0.4 is 11.1 Å². The number of hydrogen-bond acceptors (Lipinski definition) is 3. The maximum absolute atomic E-state index is 5.87. The highest BCUT2D eigenvalue weighted by Gasteiger charge is 2.20. The summed E-state index contributed by atoms with van der Waals surface area (Å²) in [5.74, 6) is 1.32. The van der Waals surface area contributed by atoms with E-state index in [1.165, 1.54) is 25.9 Å². The van der Waals surface area contributed by atoms with Crippen LogP contribution in [0.3, 0.4) is 0 Å². The molecular formula is C14H30N4O. The van der Waals surface area contributed by atoms with Crippen molar-refractivity contribution < 1.29 is 4.74 Å². The summed E-state index contributed by atoms with van der Waals surface area (Å²) in [4.78, 5) is 6.95. The van der Waals surface area contributed by atoms with Crippen molar-refractivity contribution in [3.8, 4) is 0 Å². The summed E-state index contributed by atoms with van der Waals surface area (Å²) in [7, 11) is 1.69. The van der Waals surface area contributed by atoms with Gasteiger partial charge in [-0.15, -0.1) is 0 Å². The molecule has 1 fully saturated rings. The number of nitrogens with two attached hydrogens (primary N) is 1. The summed E-state index contributed by atoms with van der Waals surface area (Å²) in [5, 5.41) is 3.13. The van der Waals surface area contributed by atoms with Crippen molar-refractivity contribution in [2.24, 2.45) is 16.6 Å². The lowest BCUT2D eigenvalue weighted by Gasteiger charge is -2.34. The molecule has 0 radical (unpaired) electrons. The number of aliphatic imine (C=N–C) groups is 1. The zero-order valence-corrected chi connectivity index (χ0v) is 12.9. The first-order valence-electron chi connectivity index (χ1n) is 7.32. The Hall–Kier alpha value is -0.810. The molecule has 3 unspecified atom stereocenters. The maximum Gasteiger partial charge on any atom is 0.188 e. The van der Waals surface area contributed by atoms with Crippen molar-refractivity contribution in [3.05, 3.63) is 0 Å². The second-order valence-electron chi connectivity index (χ2n) is 5.82. The first-order valence-corrected chi connectivity index (χ1v) is 7.32. The molecule has 1 rings (SSSR count). The molecule has 1 aliphatic heterocycles. The minimum Gasteiger partial charge on any atom is -0.383 e. The van der Waals surface area contributed by atoms with Gasteiger partial charge < -0.3 is 15.8 Å². The van der Waals surface area contributed by atoms with Gasteiger partial charge in [-0.25, -0.2) is 0 Å². The van der Waals surface area contributed by atoms with Crippen molar-refractivity contribution in [1.82, 2.24) is 10.2 Å². The van der Waals surface area contributed by atoms with Gasteiger partial charge in [-0.3, -0.25) is 9.89 Å². The molecule has 112 valence electrons. The molecule has 0 spiro atoms. The molecule has 19 heavy (non-hydrogen) atoms. The molecule has 3 atom stereocenters. The lowest BCUT2D eigenvalue weighted by atomic mass is 9.99. The molecule has 0 bridgehead atoms. The predicted molar refractivity (Wildman–Crippen MR) is 80.4 cm³/mol. The first kappa shape index (κ1) is 16.2. The summed E-state index contributed by atoms with van der Waals surface area (Å²) in [6.07, 6.45) is 2.65. The zero-order chi connectivity index (χ0) is 14.3. The van der Waals surface area contributed by atoms with E-state index < -0.39 is 0 Å². The van der Waals surface area contributed by atoms with Gasteiger partial charge in [0.25, 0.3) is 0 Å². The predicted octanol–water partition coefficient (Wildman–Crippen LogP) is 1.05. The number of methoxy groups -OCH3 is 1. The van der Waals surface area contributed by atoms with Gasteiger partial charge in [-0.1, -0.05) is 6.92 Å². The van der Waals surface area contributed by atoms with Gasteiger partial charge in [0.1, 0.15) is 0 Å². The van der Waals surface area contributed by atoms with Crippen LogP contribution in [0.5, 0.6) is 0 Å². The molecule has 1 saturated heterocycles. The van der Waals surface area contributed by atoms with E-state index >= 15 is 0 Å². The molecule has 0 aliphatic carbocycles. The lowest BCUT2D eigenvalue weighted by Crippen LogP contribution is -2.44. The summed E-state index contributed by atoms with van der Waals surface area (Å²) in [5.41, 5.74) is 5.87. The smallest absolute Gasteiger partial charge is 0.188 e. The Kier molecular flexibility index (Phi) is 7.16. The number of nitrogens with one attached hydrogen (secondary N) is 1. The Balaban J connectivity index is 2.32. The molecular weight excluding hydrogens is 240 g/mol. The molecule has 0 aromatic heterocycles. The number of guanidine groups is 1. The van der Waals surface area contributed by atoms with E-state index in [1.54, 1.807) is 7.11 Å². The van der Waals surface area contributed by atoms with Crippen LogP contribution in [-0.2, 0) is 4.74 Å². The van der Waals surface area contributed by atoms with Crippen LogP contribution in [0.2, 0.25) is 0 Å². The van der Waals surface area contributed by atoms with Crippen molar-refractivity contribution in [2.75, 3.05) is 33.4 Å². The molecule has 5 nitrogen and oxygen atoms in total. The third-order valence-corrected chi connectivity index (χ3v) is 3.65. The average molecular weight is 270 g/mol. The number of rotatable bonds is 6. The van der Waals surface area contributed by atoms with E-state index in [4.69, 9.17) is 10.5 Å². The topological polar surface area (TPSA) is 62.9 Å². The number of nitrogens with zero attached hydrogens (tertiary/aromatic N) is 2. The second-order valence-corrected chi connectivity index (χ2v) is 5.82. The summed E-state index contributed by atoms with van der Waals surface area (Å²) in [6.45, 7) is 10.3. The Labute approximate surface area is 117 Å². The molecule has 0 saturated carbocycles. The molecule has 5 heteroatoms. The molecule has 1 aliphatic rings. The van der Waals surface area contributed by atoms with Crippen LogP contribution in [0.25, 0.3) is 0 Å². The fourth-order valence-electron chi connectivity index (χ4n) is 2.56. The Morgan fingerprint density at radius 1 is 1.53 bits per heavy atom. The van der Waals surface area contributed by atoms with Crippen LogP contribution >= 0.6 is 0 Å². The standard InChI is InChI=1S/C14H30N4O/c1-11-6-5-7-18(9-11)13(3)8-16-14(15)17-12(2)10-19-4/h11-13H,5-10H2,1-4H3,(H3,15,16,17). The second kappa shape index (κ2) is 8.38. The third-order valence-electron chi connectivity index (χ3n) is 3.65. The Morgan fingerprint density at radius 3 is 2.89 bits per heavy atom. The van der Waals surface area contributed by atoms with Crippen LogP contribution in [-0.4, -0.2) is 56.3 Å². The van der Waals surface area contributed by atoms with Crippen LogP contribution in [0.15, 0.2) is 4.99 Å². The van der Waals surface area contributed by atoms with Crippen LogP contribution in [0.1, 0.15) is 33.6 Å². The summed E-state index contributed by atoms with van der Waals surface area (Å²) < 4.78 is 5.06. The fraction of sp³-hybridized carbons (Fsp3) is 0.929. The molecule has 0 amide bonds. The Morgan fingerprint density at radius 2 is 2.26 bits per heavy atom. The van der Waals surface area contributed by atoms with Gasteiger partial charge in [-0.2, -0.15) is 0 Å². The minimum atomic E-state index is 0.194.